The van der Waals surface area contributed by atoms with Crippen LogP contribution >= 0.6 is 0 Å². The van der Waals surface area contributed by atoms with Crippen molar-refractivity contribution in [2.24, 2.45) is 0 Å². The Morgan fingerprint density at radius 3 is 2.60 bits per heavy atom. The molecule has 0 saturated carbocycles. The van der Waals surface area contributed by atoms with Gasteiger partial charge < -0.3 is 9.63 Å². The van der Waals surface area contributed by atoms with Crippen molar-refractivity contribution in [3.63, 3.8) is 0 Å². The average Bonchev–Trinajstić information content (AvgIpc) is 3.27. The molecule has 7 nitrogen and oxygen atoms in total. The Morgan fingerprint density at radius 2 is 1.90 bits per heavy atom. The molecule has 2 aromatic carbocycles. The lowest BCUT2D eigenvalue weighted by Gasteiger charge is -2.14. The molecule has 0 spiro atoms. The number of aromatic nitrogens is 3. The lowest BCUT2D eigenvalue weighted by molar-refractivity contribution is -0.137. The summed E-state index contributed by atoms with van der Waals surface area (Å²) in [4.78, 5) is 28.7. The van der Waals surface area contributed by atoms with Crippen LogP contribution in [0.1, 0.15) is 25.1 Å². The molecule has 8 heteroatoms. The van der Waals surface area contributed by atoms with E-state index in [0.717, 1.165) is 5.56 Å². The summed E-state index contributed by atoms with van der Waals surface area (Å²) in [6.45, 7) is 0. The summed E-state index contributed by atoms with van der Waals surface area (Å²) >= 11 is 0. The third-order valence-electron chi connectivity index (χ3n) is 4.80. The van der Waals surface area contributed by atoms with Gasteiger partial charge in [-0.25, -0.2) is 9.37 Å². The van der Waals surface area contributed by atoms with Gasteiger partial charge in [0.1, 0.15) is 23.6 Å². The minimum Gasteiger partial charge on any atom is -0.481 e. The van der Waals surface area contributed by atoms with Gasteiger partial charge in [-0.2, -0.15) is 0 Å². The van der Waals surface area contributed by atoms with Gasteiger partial charge in [-0.15, -0.1) is 0 Å². The molecule has 0 unspecified atom stereocenters. The van der Waals surface area contributed by atoms with Crippen molar-refractivity contribution in [2.75, 3.05) is 0 Å². The maximum atomic E-state index is 13.4. The topological polar surface area (TPSA) is 98.2 Å². The summed E-state index contributed by atoms with van der Waals surface area (Å²) in [5.74, 6) is -0.780. The van der Waals surface area contributed by atoms with Gasteiger partial charge >= 0.3 is 5.97 Å². The van der Waals surface area contributed by atoms with E-state index in [2.05, 4.69) is 10.1 Å². The maximum absolute atomic E-state index is 13.4. The summed E-state index contributed by atoms with van der Waals surface area (Å²) in [5.41, 5.74) is 2.13. The second-order valence-corrected chi connectivity index (χ2v) is 6.86. The van der Waals surface area contributed by atoms with E-state index in [1.54, 1.807) is 24.3 Å². The van der Waals surface area contributed by atoms with Crippen LogP contribution < -0.4 is 5.56 Å². The van der Waals surface area contributed by atoms with Gasteiger partial charge in [0.25, 0.3) is 5.56 Å². The number of rotatable bonds is 7. The van der Waals surface area contributed by atoms with Crippen molar-refractivity contribution >= 4 is 16.9 Å². The maximum Gasteiger partial charge on any atom is 0.303 e. The van der Waals surface area contributed by atoms with Gasteiger partial charge in [-0.05, 0) is 49.2 Å². The van der Waals surface area contributed by atoms with Gasteiger partial charge in [0.2, 0.25) is 0 Å². The first-order chi connectivity index (χ1) is 14.5. The zero-order valence-electron chi connectivity index (χ0n) is 15.9. The fraction of sp³-hybridized carbons (Fsp3) is 0.182. The minimum absolute atomic E-state index is 0.0463. The van der Waals surface area contributed by atoms with Crippen LogP contribution in [0.5, 0.6) is 0 Å². The Morgan fingerprint density at radius 1 is 1.10 bits per heavy atom. The monoisotopic (exact) mass is 407 g/mol. The molecule has 0 atom stereocenters. The van der Waals surface area contributed by atoms with Crippen molar-refractivity contribution < 1.29 is 18.8 Å². The lowest BCUT2D eigenvalue weighted by Crippen LogP contribution is -2.24. The highest BCUT2D eigenvalue weighted by Crippen LogP contribution is 2.22. The molecule has 0 saturated heterocycles. The molecule has 0 radical (unpaired) electrons. The predicted octanol–water partition coefficient (Wildman–Crippen LogP) is 3.98. The van der Waals surface area contributed by atoms with Crippen LogP contribution in [-0.4, -0.2) is 25.8 Å². The van der Waals surface area contributed by atoms with Crippen molar-refractivity contribution in [1.82, 2.24) is 14.7 Å². The number of carboxylic acid groups (broad SMARTS) is 1. The fourth-order valence-corrected chi connectivity index (χ4v) is 3.34. The first kappa shape index (κ1) is 19.5. The van der Waals surface area contributed by atoms with Gasteiger partial charge in [0, 0.05) is 24.5 Å². The molecule has 30 heavy (non-hydrogen) atoms. The molecule has 0 aliphatic rings. The van der Waals surface area contributed by atoms with Crippen LogP contribution in [0.2, 0.25) is 0 Å². The Hall–Kier alpha value is -3.81. The van der Waals surface area contributed by atoms with Gasteiger partial charge in [0.15, 0.2) is 0 Å². The Labute approximate surface area is 170 Å². The molecular weight excluding hydrogens is 389 g/mol. The van der Waals surface area contributed by atoms with Gasteiger partial charge in [0.05, 0.1) is 16.6 Å². The van der Waals surface area contributed by atoms with Crippen molar-refractivity contribution in [3.8, 4) is 16.9 Å². The van der Waals surface area contributed by atoms with E-state index in [1.807, 2.05) is 0 Å². The molecule has 0 aliphatic heterocycles. The van der Waals surface area contributed by atoms with E-state index in [9.17, 15) is 14.0 Å². The number of aliphatic carboxylic acids is 1. The van der Waals surface area contributed by atoms with Crippen molar-refractivity contribution in [3.05, 3.63) is 76.8 Å². The summed E-state index contributed by atoms with van der Waals surface area (Å²) in [6.07, 6.45) is 2.93. The molecule has 4 rings (SSSR count). The molecule has 0 fully saturated rings. The molecular formula is C22H18FN3O4. The third kappa shape index (κ3) is 3.98. The van der Waals surface area contributed by atoms with Crippen molar-refractivity contribution in [2.45, 2.75) is 25.7 Å². The highest BCUT2D eigenvalue weighted by atomic mass is 19.1. The molecule has 2 heterocycles. The molecule has 2 aromatic heterocycles. The van der Waals surface area contributed by atoms with Crippen LogP contribution in [-0.2, 0) is 11.2 Å². The highest BCUT2D eigenvalue weighted by molar-refractivity contribution is 5.83. The summed E-state index contributed by atoms with van der Waals surface area (Å²) < 4.78 is 19.7. The Bertz CT molecular complexity index is 1250. The van der Waals surface area contributed by atoms with Crippen LogP contribution in [0, 0.1) is 5.82 Å². The second-order valence-electron chi connectivity index (χ2n) is 6.86. The summed E-state index contributed by atoms with van der Waals surface area (Å²) in [5, 5.41) is 13.2. The second kappa shape index (κ2) is 8.28. The van der Waals surface area contributed by atoms with Crippen LogP contribution in [0.3, 0.4) is 0 Å². The standard InChI is InChI=1S/C22H18FN3O4/c23-15-6-8-16(9-7-15)26-20(3-1-2-4-21(27)28)24-19-13-14(18-11-12-30-25-18)5-10-17(19)22(26)29/h5-13H,1-4H2,(H,27,28). The Kier molecular flexibility index (Phi) is 5.38. The smallest absolute Gasteiger partial charge is 0.303 e. The Balaban J connectivity index is 1.82. The van der Waals surface area contributed by atoms with E-state index < -0.39 is 11.8 Å². The number of nitrogens with zero attached hydrogens (tertiary/aromatic N) is 3. The third-order valence-corrected chi connectivity index (χ3v) is 4.80. The van der Waals surface area contributed by atoms with Crippen LogP contribution in [0.15, 0.2) is 64.1 Å². The van der Waals surface area contributed by atoms with E-state index in [1.165, 1.54) is 35.1 Å². The SMILES string of the molecule is O=C(O)CCCCc1nc2cc(-c3ccon3)ccc2c(=O)n1-c1ccc(F)cc1. The normalized spacial score (nSPS) is 11.1. The number of halogens is 1. The van der Waals surface area contributed by atoms with E-state index in [-0.39, 0.29) is 12.0 Å². The summed E-state index contributed by atoms with van der Waals surface area (Å²) in [7, 11) is 0. The number of hydrogen-bond acceptors (Lipinski definition) is 5. The first-order valence-corrected chi connectivity index (χ1v) is 9.47. The molecule has 4 aromatic rings. The number of unbranched alkanes of at least 4 members (excludes halogenated alkanes) is 1. The number of benzene rings is 2. The van der Waals surface area contributed by atoms with Crippen molar-refractivity contribution in [1.29, 1.82) is 0 Å². The molecule has 152 valence electrons. The average molecular weight is 407 g/mol. The highest BCUT2D eigenvalue weighted by Gasteiger charge is 2.14. The summed E-state index contributed by atoms with van der Waals surface area (Å²) in [6, 6.07) is 12.6. The largest absolute Gasteiger partial charge is 0.481 e. The first-order valence-electron chi connectivity index (χ1n) is 9.47. The number of carbonyl (C=O) groups is 1. The number of fused-ring (bicyclic) bond motifs is 1. The lowest BCUT2D eigenvalue weighted by atomic mass is 10.1. The van der Waals surface area contributed by atoms with Gasteiger partial charge in [-0.1, -0.05) is 11.2 Å². The number of hydrogen-bond donors (Lipinski definition) is 1. The fourth-order valence-electron chi connectivity index (χ4n) is 3.34. The van der Waals surface area contributed by atoms with E-state index in [4.69, 9.17) is 9.63 Å². The van der Waals surface area contributed by atoms with Crippen LogP contribution in [0.25, 0.3) is 27.8 Å². The van der Waals surface area contributed by atoms with Gasteiger partial charge in [-0.3, -0.25) is 14.2 Å². The number of aryl methyl sites for hydroxylation is 1. The zero-order chi connectivity index (χ0) is 21.1. The van der Waals surface area contributed by atoms with E-state index in [0.29, 0.717) is 47.4 Å². The predicted molar refractivity (Wildman–Crippen MR) is 108 cm³/mol. The number of carboxylic acids is 1. The minimum atomic E-state index is -0.866. The van der Waals surface area contributed by atoms with Crippen LogP contribution in [0.4, 0.5) is 4.39 Å². The molecule has 0 amide bonds. The van der Waals surface area contributed by atoms with E-state index >= 15 is 0 Å². The molecule has 1 N–H and O–H groups in total. The zero-order valence-corrected chi connectivity index (χ0v) is 15.9. The quantitative estimate of drug-likeness (QED) is 0.466. The molecule has 0 aliphatic carbocycles. The molecule has 0 bridgehead atoms.